The van der Waals surface area contributed by atoms with Crippen molar-refractivity contribution in [2.45, 2.75) is 17.4 Å². The molecule has 1 amide bonds. The minimum Gasteiger partial charge on any atom is -0.364 e. The van der Waals surface area contributed by atoms with E-state index < -0.39 is 10.0 Å². The summed E-state index contributed by atoms with van der Waals surface area (Å²) in [6.45, 7) is 2.38. The van der Waals surface area contributed by atoms with Crippen LogP contribution in [0.5, 0.6) is 0 Å². The highest BCUT2D eigenvalue weighted by atomic mass is 35.5. The maximum atomic E-state index is 12.6. The Balaban J connectivity index is 1.64. The smallest absolute Gasteiger partial charge is 0.261 e. The number of rotatable bonds is 3. The number of anilines is 3. The SMILES string of the molecule is O=C1CC2CNCCN2c2ccc(NS(=O)(=O)c3ccc(Cl)cc3)cc2N1. The molecule has 2 aromatic carbocycles. The van der Waals surface area contributed by atoms with Gasteiger partial charge in [0.1, 0.15) is 0 Å². The predicted octanol–water partition coefficient (Wildman–Crippen LogP) is 2.26. The first kappa shape index (κ1) is 18.1. The molecule has 4 rings (SSSR count). The number of nitrogens with zero attached hydrogens (tertiary/aromatic N) is 1. The van der Waals surface area contributed by atoms with E-state index in [0.29, 0.717) is 22.8 Å². The zero-order valence-corrected chi connectivity index (χ0v) is 16.0. The Hall–Kier alpha value is -2.29. The van der Waals surface area contributed by atoms with Crippen LogP contribution >= 0.6 is 11.6 Å². The van der Waals surface area contributed by atoms with Gasteiger partial charge in [-0.3, -0.25) is 9.52 Å². The fourth-order valence-corrected chi connectivity index (χ4v) is 4.63. The second kappa shape index (κ2) is 7.03. The number of nitrogens with one attached hydrogen (secondary N) is 3. The second-order valence-corrected chi connectivity index (χ2v) is 8.71. The van der Waals surface area contributed by atoms with Gasteiger partial charge in [-0.1, -0.05) is 11.6 Å². The van der Waals surface area contributed by atoms with Crippen molar-refractivity contribution in [2.24, 2.45) is 0 Å². The van der Waals surface area contributed by atoms with E-state index in [1.54, 1.807) is 12.1 Å². The van der Waals surface area contributed by atoms with Crippen LogP contribution in [0, 0.1) is 0 Å². The van der Waals surface area contributed by atoms with Crippen molar-refractivity contribution in [3.8, 4) is 0 Å². The minimum atomic E-state index is -3.75. The first-order valence-corrected chi connectivity index (χ1v) is 10.5. The topological polar surface area (TPSA) is 90.5 Å². The summed E-state index contributed by atoms with van der Waals surface area (Å²) in [7, 11) is -3.75. The van der Waals surface area contributed by atoms with Crippen LogP contribution in [-0.2, 0) is 14.8 Å². The predicted molar refractivity (Wildman–Crippen MR) is 106 cm³/mol. The molecule has 0 aromatic heterocycles. The van der Waals surface area contributed by atoms with Crippen LogP contribution in [0.4, 0.5) is 17.1 Å². The number of carbonyl (C=O) groups is 1. The number of benzene rings is 2. The van der Waals surface area contributed by atoms with Crippen LogP contribution in [-0.4, -0.2) is 40.0 Å². The largest absolute Gasteiger partial charge is 0.364 e. The summed E-state index contributed by atoms with van der Waals surface area (Å²) in [5, 5.41) is 6.66. The standard InChI is InChI=1S/C18H19ClN4O3S/c19-12-1-4-15(5-2-12)27(25,26)22-13-3-6-17-16(9-13)21-18(24)10-14-11-20-7-8-23(14)17/h1-6,9,14,20,22H,7-8,10-11H2,(H,21,24). The molecule has 1 unspecified atom stereocenters. The number of amides is 1. The summed E-state index contributed by atoms with van der Waals surface area (Å²) in [5.41, 5.74) is 1.90. The molecular formula is C18H19ClN4O3S. The van der Waals surface area contributed by atoms with E-state index in [0.717, 1.165) is 25.3 Å². The monoisotopic (exact) mass is 406 g/mol. The maximum Gasteiger partial charge on any atom is 0.261 e. The Morgan fingerprint density at radius 1 is 1.15 bits per heavy atom. The number of halogens is 1. The molecule has 1 atom stereocenters. The molecule has 2 aliphatic rings. The molecule has 142 valence electrons. The van der Waals surface area contributed by atoms with Crippen molar-refractivity contribution in [3.63, 3.8) is 0 Å². The third-order valence-corrected chi connectivity index (χ3v) is 6.38. The maximum absolute atomic E-state index is 12.6. The van der Waals surface area contributed by atoms with Gasteiger partial charge in [0, 0.05) is 31.1 Å². The van der Waals surface area contributed by atoms with Crippen LogP contribution < -0.4 is 20.3 Å². The summed E-state index contributed by atoms with van der Waals surface area (Å²) >= 11 is 5.82. The minimum absolute atomic E-state index is 0.0786. The summed E-state index contributed by atoms with van der Waals surface area (Å²) in [5.74, 6) is -0.0786. The van der Waals surface area contributed by atoms with Gasteiger partial charge in [0.15, 0.2) is 0 Å². The molecule has 7 nitrogen and oxygen atoms in total. The van der Waals surface area contributed by atoms with Gasteiger partial charge in [-0.2, -0.15) is 0 Å². The van der Waals surface area contributed by atoms with E-state index in [4.69, 9.17) is 11.6 Å². The summed E-state index contributed by atoms with van der Waals surface area (Å²) in [6.07, 6.45) is 0.396. The van der Waals surface area contributed by atoms with Gasteiger partial charge in [0.05, 0.1) is 28.0 Å². The quantitative estimate of drug-likeness (QED) is 0.727. The third kappa shape index (κ3) is 3.73. The van der Waals surface area contributed by atoms with Crippen LogP contribution in [0.15, 0.2) is 47.4 Å². The fourth-order valence-electron chi connectivity index (χ4n) is 3.45. The van der Waals surface area contributed by atoms with Gasteiger partial charge in [0.25, 0.3) is 10.0 Å². The number of piperazine rings is 1. The van der Waals surface area contributed by atoms with E-state index in [9.17, 15) is 13.2 Å². The molecule has 2 heterocycles. The number of hydrogen-bond acceptors (Lipinski definition) is 5. The molecule has 2 aromatic rings. The highest BCUT2D eigenvalue weighted by Gasteiger charge is 2.30. The average Bonchev–Trinajstić information content (AvgIpc) is 2.76. The Morgan fingerprint density at radius 3 is 2.70 bits per heavy atom. The summed E-state index contributed by atoms with van der Waals surface area (Å²) in [4.78, 5) is 14.5. The Kier molecular flexibility index (Phi) is 4.71. The van der Waals surface area contributed by atoms with Gasteiger partial charge in [0.2, 0.25) is 5.91 Å². The number of sulfonamides is 1. The molecule has 0 spiro atoms. The molecule has 0 bridgehead atoms. The van der Waals surface area contributed by atoms with Crippen molar-refractivity contribution in [1.82, 2.24) is 5.32 Å². The highest BCUT2D eigenvalue weighted by Crippen LogP contribution is 2.34. The molecule has 9 heteroatoms. The van der Waals surface area contributed by atoms with E-state index in [1.807, 2.05) is 6.07 Å². The molecule has 0 aliphatic carbocycles. The zero-order valence-electron chi connectivity index (χ0n) is 14.4. The Morgan fingerprint density at radius 2 is 1.93 bits per heavy atom. The van der Waals surface area contributed by atoms with Crippen molar-refractivity contribution in [2.75, 3.05) is 34.6 Å². The molecule has 0 saturated carbocycles. The van der Waals surface area contributed by atoms with Crippen molar-refractivity contribution in [1.29, 1.82) is 0 Å². The number of carbonyl (C=O) groups excluding carboxylic acids is 1. The second-order valence-electron chi connectivity index (χ2n) is 6.59. The van der Waals surface area contributed by atoms with Gasteiger partial charge in [-0.05, 0) is 42.5 Å². The van der Waals surface area contributed by atoms with E-state index in [1.165, 1.54) is 24.3 Å². The van der Waals surface area contributed by atoms with Gasteiger partial charge in [-0.15, -0.1) is 0 Å². The molecule has 3 N–H and O–H groups in total. The zero-order chi connectivity index (χ0) is 19.0. The molecule has 0 radical (unpaired) electrons. The fraction of sp³-hybridized carbons (Fsp3) is 0.278. The third-order valence-electron chi connectivity index (χ3n) is 4.73. The Labute approximate surface area is 162 Å². The Bertz CT molecular complexity index is 979. The lowest BCUT2D eigenvalue weighted by atomic mass is 10.1. The van der Waals surface area contributed by atoms with E-state index in [2.05, 4.69) is 20.3 Å². The number of hydrogen-bond donors (Lipinski definition) is 3. The first-order chi connectivity index (χ1) is 12.9. The lowest BCUT2D eigenvalue weighted by Gasteiger charge is -2.36. The summed E-state index contributed by atoms with van der Waals surface area (Å²) < 4.78 is 27.7. The van der Waals surface area contributed by atoms with Gasteiger partial charge >= 0.3 is 0 Å². The van der Waals surface area contributed by atoms with Crippen molar-refractivity contribution >= 4 is 44.6 Å². The van der Waals surface area contributed by atoms with Crippen LogP contribution in [0.25, 0.3) is 0 Å². The van der Waals surface area contributed by atoms with Crippen molar-refractivity contribution < 1.29 is 13.2 Å². The lowest BCUT2D eigenvalue weighted by Crippen LogP contribution is -2.51. The molecular weight excluding hydrogens is 388 g/mol. The van der Waals surface area contributed by atoms with Crippen LogP contribution in [0.2, 0.25) is 5.02 Å². The van der Waals surface area contributed by atoms with Crippen LogP contribution in [0.3, 0.4) is 0 Å². The van der Waals surface area contributed by atoms with E-state index in [-0.39, 0.29) is 16.8 Å². The lowest BCUT2D eigenvalue weighted by molar-refractivity contribution is -0.116. The average molecular weight is 407 g/mol. The summed E-state index contributed by atoms with van der Waals surface area (Å²) in [6, 6.07) is 11.3. The number of fused-ring (bicyclic) bond motifs is 3. The van der Waals surface area contributed by atoms with Crippen molar-refractivity contribution in [3.05, 3.63) is 47.5 Å². The normalized spacial score (nSPS) is 19.5. The molecule has 1 saturated heterocycles. The van der Waals surface area contributed by atoms with Gasteiger partial charge < -0.3 is 15.5 Å². The highest BCUT2D eigenvalue weighted by molar-refractivity contribution is 7.92. The molecule has 1 fully saturated rings. The van der Waals surface area contributed by atoms with Gasteiger partial charge in [-0.25, -0.2) is 8.42 Å². The molecule has 27 heavy (non-hydrogen) atoms. The van der Waals surface area contributed by atoms with Crippen LogP contribution in [0.1, 0.15) is 6.42 Å². The first-order valence-electron chi connectivity index (χ1n) is 8.62. The molecule has 2 aliphatic heterocycles. The van der Waals surface area contributed by atoms with E-state index >= 15 is 0 Å².